The van der Waals surface area contributed by atoms with Gasteiger partial charge in [-0.2, -0.15) is 0 Å². The molecule has 0 saturated heterocycles. The van der Waals surface area contributed by atoms with E-state index in [0.717, 1.165) is 13.0 Å². The van der Waals surface area contributed by atoms with Crippen LogP contribution in [0, 0.1) is 6.92 Å². The first-order valence-electron chi connectivity index (χ1n) is 8.42. The topological polar surface area (TPSA) is 12.0 Å². The molecule has 120 valence electrons. The van der Waals surface area contributed by atoms with Gasteiger partial charge in [-0.25, -0.2) is 0 Å². The predicted molar refractivity (Wildman–Crippen MR) is 105 cm³/mol. The van der Waals surface area contributed by atoms with Crippen molar-refractivity contribution in [3.63, 3.8) is 0 Å². The van der Waals surface area contributed by atoms with Gasteiger partial charge in [0.25, 0.3) is 0 Å². The molecule has 0 aliphatic heterocycles. The Morgan fingerprint density at radius 2 is 1.29 bits per heavy atom. The van der Waals surface area contributed by atoms with Gasteiger partial charge in [-0.3, -0.25) is 0 Å². The highest BCUT2D eigenvalue weighted by atomic mass is 14.9. The molecule has 0 spiro atoms. The molecule has 0 amide bonds. The van der Waals surface area contributed by atoms with Crippen LogP contribution in [0.25, 0.3) is 12.2 Å². The van der Waals surface area contributed by atoms with Gasteiger partial charge in [0.05, 0.1) is 0 Å². The Balaban J connectivity index is 1.52. The third-order valence-electron chi connectivity index (χ3n) is 4.04. The lowest BCUT2D eigenvalue weighted by Gasteiger charge is -2.07. The quantitative estimate of drug-likeness (QED) is 0.565. The van der Waals surface area contributed by atoms with Crippen LogP contribution < -0.4 is 5.32 Å². The Bertz CT molecular complexity index is 769. The fraction of sp³-hybridized carbons (Fsp3) is 0.130. The van der Waals surface area contributed by atoms with Crippen LogP contribution in [-0.4, -0.2) is 6.54 Å². The van der Waals surface area contributed by atoms with E-state index < -0.39 is 0 Å². The van der Waals surface area contributed by atoms with Crippen LogP contribution in [0.5, 0.6) is 0 Å². The van der Waals surface area contributed by atoms with Gasteiger partial charge in [-0.05, 0) is 42.2 Å². The molecule has 0 saturated carbocycles. The van der Waals surface area contributed by atoms with Crippen LogP contribution in [0.1, 0.15) is 22.3 Å². The molecule has 0 radical (unpaired) electrons. The maximum absolute atomic E-state index is 3.48. The van der Waals surface area contributed by atoms with Crippen LogP contribution in [0.3, 0.4) is 0 Å². The Kier molecular flexibility index (Phi) is 5.47. The molecule has 0 aromatic heterocycles. The molecule has 0 aliphatic carbocycles. The van der Waals surface area contributed by atoms with Crippen molar-refractivity contribution >= 4 is 17.8 Å². The second kappa shape index (κ2) is 8.16. The molecule has 3 aromatic rings. The highest BCUT2D eigenvalue weighted by molar-refractivity contribution is 5.70. The van der Waals surface area contributed by atoms with Gasteiger partial charge in [0.15, 0.2) is 0 Å². The molecule has 1 N–H and O–H groups in total. The predicted octanol–water partition coefficient (Wildman–Crippen LogP) is 5.82. The molecule has 3 aromatic carbocycles. The molecular formula is C23H23N. The molecule has 0 heterocycles. The third-order valence-corrected chi connectivity index (χ3v) is 4.04. The summed E-state index contributed by atoms with van der Waals surface area (Å²) in [6.45, 7) is 3.06. The number of aryl methyl sites for hydroxylation is 1. The summed E-state index contributed by atoms with van der Waals surface area (Å²) in [6.07, 6.45) is 5.34. The van der Waals surface area contributed by atoms with Gasteiger partial charge in [0.2, 0.25) is 0 Å². The summed E-state index contributed by atoms with van der Waals surface area (Å²) in [5, 5.41) is 3.48. The fourth-order valence-electron chi connectivity index (χ4n) is 2.58. The zero-order chi connectivity index (χ0) is 16.6. The minimum Gasteiger partial charge on any atom is -0.385 e. The second-order valence-corrected chi connectivity index (χ2v) is 6.03. The number of hydrogen-bond donors (Lipinski definition) is 1. The highest BCUT2D eigenvalue weighted by Gasteiger charge is 1.94. The summed E-state index contributed by atoms with van der Waals surface area (Å²) in [7, 11) is 0. The van der Waals surface area contributed by atoms with Gasteiger partial charge >= 0.3 is 0 Å². The minimum absolute atomic E-state index is 0.947. The molecule has 0 bridgehead atoms. The Morgan fingerprint density at radius 1 is 0.708 bits per heavy atom. The van der Waals surface area contributed by atoms with E-state index in [4.69, 9.17) is 0 Å². The van der Waals surface area contributed by atoms with Gasteiger partial charge in [0, 0.05) is 12.2 Å². The Labute approximate surface area is 144 Å². The maximum atomic E-state index is 3.48. The van der Waals surface area contributed by atoms with E-state index in [1.165, 1.54) is 27.9 Å². The first-order chi connectivity index (χ1) is 11.8. The van der Waals surface area contributed by atoms with Gasteiger partial charge in [-0.1, -0.05) is 84.4 Å². The van der Waals surface area contributed by atoms with E-state index in [-0.39, 0.29) is 0 Å². The summed E-state index contributed by atoms with van der Waals surface area (Å²) in [5.74, 6) is 0. The summed E-state index contributed by atoms with van der Waals surface area (Å²) in [6, 6.07) is 27.7. The van der Waals surface area contributed by atoms with Crippen molar-refractivity contribution in [2.45, 2.75) is 13.3 Å². The molecule has 0 atom stereocenters. The molecule has 24 heavy (non-hydrogen) atoms. The van der Waals surface area contributed by atoms with Crippen LogP contribution in [0.15, 0.2) is 78.9 Å². The Morgan fingerprint density at radius 3 is 1.92 bits per heavy atom. The molecule has 1 heteroatoms. The monoisotopic (exact) mass is 313 g/mol. The lowest BCUT2D eigenvalue weighted by atomic mass is 10.1. The molecular weight excluding hydrogens is 290 g/mol. The van der Waals surface area contributed by atoms with E-state index in [9.17, 15) is 0 Å². The van der Waals surface area contributed by atoms with Crippen molar-refractivity contribution in [3.8, 4) is 0 Å². The van der Waals surface area contributed by atoms with E-state index >= 15 is 0 Å². The summed E-state index contributed by atoms with van der Waals surface area (Å²) < 4.78 is 0. The minimum atomic E-state index is 0.947. The lowest BCUT2D eigenvalue weighted by molar-refractivity contribution is 1.02. The fourth-order valence-corrected chi connectivity index (χ4v) is 2.58. The zero-order valence-electron chi connectivity index (χ0n) is 14.1. The molecule has 0 aliphatic rings. The summed E-state index contributed by atoms with van der Waals surface area (Å²) >= 11 is 0. The summed E-state index contributed by atoms with van der Waals surface area (Å²) in [4.78, 5) is 0. The van der Waals surface area contributed by atoms with Crippen molar-refractivity contribution in [3.05, 3.63) is 101 Å². The first kappa shape index (κ1) is 16.1. The zero-order valence-corrected chi connectivity index (χ0v) is 14.1. The third kappa shape index (κ3) is 4.85. The molecule has 0 unspecified atom stereocenters. The average molecular weight is 313 g/mol. The van der Waals surface area contributed by atoms with Crippen molar-refractivity contribution < 1.29 is 0 Å². The van der Waals surface area contributed by atoms with E-state index in [1.807, 2.05) is 0 Å². The largest absolute Gasteiger partial charge is 0.385 e. The van der Waals surface area contributed by atoms with Crippen LogP contribution in [0.2, 0.25) is 0 Å². The molecule has 3 rings (SSSR count). The van der Waals surface area contributed by atoms with Gasteiger partial charge in [0.1, 0.15) is 0 Å². The second-order valence-electron chi connectivity index (χ2n) is 6.03. The lowest BCUT2D eigenvalue weighted by Crippen LogP contribution is -2.04. The van der Waals surface area contributed by atoms with E-state index in [0.29, 0.717) is 0 Å². The van der Waals surface area contributed by atoms with Gasteiger partial charge < -0.3 is 5.32 Å². The number of rotatable bonds is 6. The smallest absolute Gasteiger partial charge is 0.0340 e. The van der Waals surface area contributed by atoms with Crippen molar-refractivity contribution in [2.75, 3.05) is 11.9 Å². The number of nitrogens with one attached hydrogen (secondary N) is 1. The maximum Gasteiger partial charge on any atom is 0.0340 e. The van der Waals surface area contributed by atoms with Crippen molar-refractivity contribution in [2.24, 2.45) is 0 Å². The molecule has 1 nitrogen and oxygen atoms in total. The van der Waals surface area contributed by atoms with Crippen LogP contribution >= 0.6 is 0 Å². The summed E-state index contributed by atoms with van der Waals surface area (Å²) in [5.41, 5.74) is 6.26. The van der Waals surface area contributed by atoms with E-state index in [1.54, 1.807) is 0 Å². The SMILES string of the molecule is Cc1ccc(/C=C/c2ccc(NCCc3ccccc3)cc2)cc1. The average Bonchev–Trinajstić information content (AvgIpc) is 2.63. The van der Waals surface area contributed by atoms with E-state index in [2.05, 4.69) is 103 Å². The van der Waals surface area contributed by atoms with Crippen molar-refractivity contribution in [1.82, 2.24) is 0 Å². The number of benzene rings is 3. The highest BCUT2D eigenvalue weighted by Crippen LogP contribution is 2.13. The van der Waals surface area contributed by atoms with Gasteiger partial charge in [-0.15, -0.1) is 0 Å². The number of hydrogen-bond acceptors (Lipinski definition) is 1. The Hall–Kier alpha value is -2.80. The first-order valence-corrected chi connectivity index (χ1v) is 8.42. The molecule has 0 fully saturated rings. The normalized spacial score (nSPS) is 10.9. The van der Waals surface area contributed by atoms with Crippen LogP contribution in [-0.2, 0) is 6.42 Å². The van der Waals surface area contributed by atoms with Crippen LogP contribution in [0.4, 0.5) is 5.69 Å². The van der Waals surface area contributed by atoms with Crippen molar-refractivity contribution in [1.29, 1.82) is 0 Å². The number of anilines is 1. The standard InChI is InChI=1S/C23H23N/c1-19-7-9-21(10-8-19)11-12-22-13-15-23(16-14-22)24-18-17-20-5-3-2-4-6-20/h2-16,24H,17-18H2,1H3/b12-11+.